The Hall–Kier alpha value is -2.48. The van der Waals surface area contributed by atoms with Crippen LogP contribution in [0.3, 0.4) is 0 Å². The van der Waals surface area contributed by atoms with Crippen LogP contribution in [0.25, 0.3) is 0 Å². The molecule has 1 aromatic carbocycles. The summed E-state index contributed by atoms with van der Waals surface area (Å²) in [5.41, 5.74) is 9.59. The van der Waals surface area contributed by atoms with Gasteiger partial charge in [0.15, 0.2) is 0 Å². The third-order valence-corrected chi connectivity index (χ3v) is 5.87. The number of carbonyl (C=O) groups excluding carboxylic acids is 2. The van der Waals surface area contributed by atoms with Crippen molar-refractivity contribution in [1.29, 1.82) is 0 Å². The van der Waals surface area contributed by atoms with E-state index in [1.807, 2.05) is 0 Å². The maximum atomic E-state index is 11.9. The molecule has 0 aromatic heterocycles. The van der Waals surface area contributed by atoms with Crippen molar-refractivity contribution in [1.82, 2.24) is 21.7 Å². The predicted molar refractivity (Wildman–Crippen MR) is 136 cm³/mol. The summed E-state index contributed by atoms with van der Waals surface area (Å²) in [4.78, 5) is 23.6. The minimum Gasteiger partial charge on any atom is -0.508 e. The molecule has 0 saturated heterocycles. The Morgan fingerprint density at radius 2 is 1.18 bits per heavy atom. The van der Waals surface area contributed by atoms with E-state index in [0.29, 0.717) is 6.54 Å². The Balaban J connectivity index is 1.85. The van der Waals surface area contributed by atoms with Crippen LogP contribution in [0.1, 0.15) is 120 Å². The molecule has 0 bridgehead atoms. The van der Waals surface area contributed by atoms with E-state index in [0.717, 1.165) is 18.9 Å². The number of nitrogens with one attached hydrogen (secondary N) is 4. The highest BCUT2D eigenvalue weighted by atomic mass is 16.3. The van der Waals surface area contributed by atoms with Crippen molar-refractivity contribution in [2.75, 3.05) is 6.54 Å². The molecular formula is C26H46N4O4. The Kier molecular flexibility index (Phi) is 17.3. The van der Waals surface area contributed by atoms with Crippen molar-refractivity contribution in [3.05, 3.63) is 23.8 Å². The molecular weight excluding hydrogens is 432 g/mol. The molecule has 0 heterocycles. The molecule has 0 atom stereocenters. The second-order valence-electron chi connectivity index (χ2n) is 8.96. The van der Waals surface area contributed by atoms with Crippen molar-refractivity contribution in [2.24, 2.45) is 0 Å². The van der Waals surface area contributed by atoms with Gasteiger partial charge in [0.05, 0.1) is 5.56 Å². The number of hydrogen-bond donors (Lipinski definition) is 6. The van der Waals surface area contributed by atoms with Crippen LogP contribution >= 0.6 is 0 Å². The summed E-state index contributed by atoms with van der Waals surface area (Å²) in [6.07, 6.45) is 21.1. The molecule has 1 rings (SSSR count). The first-order chi connectivity index (χ1) is 16.5. The molecule has 6 N–H and O–H groups in total. The molecule has 0 aliphatic heterocycles. The number of benzene rings is 1. The van der Waals surface area contributed by atoms with Gasteiger partial charge < -0.3 is 10.2 Å². The summed E-state index contributed by atoms with van der Waals surface area (Å²) in [6.45, 7) is 2.92. The fourth-order valence-electron chi connectivity index (χ4n) is 3.83. The topological polar surface area (TPSA) is 123 Å². The molecule has 0 spiro atoms. The fourth-order valence-corrected chi connectivity index (χ4v) is 3.83. The molecule has 0 saturated carbocycles. The van der Waals surface area contributed by atoms with E-state index < -0.39 is 11.9 Å². The minimum atomic E-state index is -0.689. The predicted octanol–water partition coefficient (Wildman–Crippen LogP) is 5.81. The fraction of sp³-hybridized carbons (Fsp3) is 0.692. The van der Waals surface area contributed by atoms with Crippen LogP contribution < -0.4 is 21.7 Å². The quantitative estimate of drug-likeness (QED) is 0.111. The highest BCUT2D eigenvalue weighted by Gasteiger charge is 2.12. The number of hydrogen-bond acceptors (Lipinski definition) is 5. The van der Waals surface area contributed by atoms with Gasteiger partial charge in [0.25, 0.3) is 5.91 Å². The van der Waals surface area contributed by atoms with Gasteiger partial charge >= 0.3 is 6.03 Å². The first-order valence-corrected chi connectivity index (χ1v) is 13.2. The van der Waals surface area contributed by atoms with E-state index in [4.69, 9.17) is 0 Å². The second-order valence-corrected chi connectivity index (χ2v) is 8.96. The molecule has 0 unspecified atom stereocenters. The average molecular weight is 479 g/mol. The van der Waals surface area contributed by atoms with Gasteiger partial charge in [0.1, 0.15) is 11.5 Å². The molecule has 3 amide bonds. The van der Waals surface area contributed by atoms with Gasteiger partial charge in [0, 0.05) is 12.6 Å². The molecule has 1 aromatic rings. The number of unbranched alkanes of at least 4 members (excludes halogenated alkanes) is 15. The molecule has 194 valence electrons. The first kappa shape index (κ1) is 29.6. The Morgan fingerprint density at radius 3 is 1.68 bits per heavy atom. The number of rotatable bonds is 19. The molecule has 0 aliphatic carbocycles. The van der Waals surface area contributed by atoms with Crippen LogP contribution in [-0.2, 0) is 0 Å². The monoisotopic (exact) mass is 478 g/mol. The standard InChI is InChI=1S/C26H46N4O4/c1-2-3-4-5-6-7-8-9-10-11-12-13-14-15-16-17-20-27-29-26(34)30-28-25(33)23-19-18-22(31)21-24(23)32/h18-19,21,27,31-32H,2-17,20H2,1H3,(H,28,33)(H2,29,30,34). The second kappa shape index (κ2) is 19.9. The number of aromatic hydroxyl groups is 2. The van der Waals surface area contributed by atoms with Crippen molar-refractivity contribution in [2.45, 2.75) is 110 Å². The van der Waals surface area contributed by atoms with Crippen LogP contribution in [0.5, 0.6) is 11.5 Å². The SMILES string of the molecule is CCCCCCCCCCCCCCCCCCNNC(=O)NNC(=O)c1ccc(O)cc1O. The summed E-state index contributed by atoms with van der Waals surface area (Å²) in [5.74, 6) is -1.22. The van der Waals surface area contributed by atoms with Gasteiger partial charge in [-0.1, -0.05) is 103 Å². The van der Waals surface area contributed by atoms with Gasteiger partial charge in [-0.15, -0.1) is 0 Å². The lowest BCUT2D eigenvalue weighted by Gasteiger charge is -2.10. The number of urea groups is 1. The summed E-state index contributed by atoms with van der Waals surface area (Å²) < 4.78 is 0. The van der Waals surface area contributed by atoms with Gasteiger partial charge in [-0.25, -0.2) is 15.6 Å². The van der Waals surface area contributed by atoms with Crippen molar-refractivity contribution < 1.29 is 19.8 Å². The maximum Gasteiger partial charge on any atom is 0.347 e. The summed E-state index contributed by atoms with van der Waals surface area (Å²) in [7, 11) is 0. The van der Waals surface area contributed by atoms with Crippen LogP contribution in [-0.4, -0.2) is 28.7 Å². The lowest BCUT2D eigenvalue weighted by molar-refractivity contribution is 0.0933. The van der Waals surface area contributed by atoms with Gasteiger partial charge in [0.2, 0.25) is 0 Å². The number of hydrazine groups is 2. The first-order valence-electron chi connectivity index (χ1n) is 13.2. The Labute approximate surface area is 205 Å². The third kappa shape index (κ3) is 15.4. The number of carbonyl (C=O) groups is 2. The summed E-state index contributed by atoms with van der Waals surface area (Å²) >= 11 is 0. The lowest BCUT2D eigenvalue weighted by Crippen LogP contribution is -2.51. The Morgan fingerprint density at radius 1 is 0.676 bits per heavy atom. The molecule has 0 fully saturated rings. The van der Waals surface area contributed by atoms with Crippen LogP contribution in [0.4, 0.5) is 4.79 Å². The Bertz CT molecular complexity index is 685. The zero-order valence-electron chi connectivity index (χ0n) is 21.0. The van der Waals surface area contributed by atoms with Gasteiger partial charge in [-0.05, 0) is 18.6 Å². The number of amides is 3. The van der Waals surface area contributed by atoms with E-state index in [9.17, 15) is 19.8 Å². The van der Waals surface area contributed by atoms with E-state index >= 15 is 0 Å². The van der Waals surface area contributed by atoms with E-state index in [1.54, 1.807) is 0 Å². The highest BCUT2D eigenvalue weighted by molar-refractivity contribution is 5.97. The van der Waals surface area contributed by atoms with Gasteiger partial charge in [-0.3, -0.25) is 15.6 Å². The minimum absolute atomic E-state index is 0.0563. The van der Waals surface area contributed by atoms with Crippen LogP contribution in [0.15, 0.2) is 18.2 Å². The largest absolute Gasteiger partial charge is 0.508 e. The summed E-state index contributed by atoms with van der Waals surface area (Å²) in [5, 5.41) is 18.9. The van der Waals surface area contributed by atoms with Crippen LogP contribution in [0.2, 0.25) is 0 Å². The van der Waals surface area contributed by atoms with Crippen LogP contribution in [0, 0.1) is 0 Å². The zero-order valence-corrected chi connectivity index (χ0v) is 21.0. The molecule has 8 heteroatoms. The molecule has 0 aliphatic rings. The summed E-state index contributed by atoms with van der Waals surface area (Å²) in [6, 6.07) is 2.97. The van der Waals surface area contributed by atoms with Crippen molar-refractivity contribution in [3.8, 4) is 11.5 Å². The average Bonchev–Trinajstić information content (AvgIpc) is 2.81. The number of phenols is 2. The zero-order chi connectivity index (χ0) is 24.9. The lowest BCUT2D eigenvalue weighted by atomic mass is 10.0. The normalized spacial score (nSPS) is 10.7. The van der Waals surface area contributed by atoms with E-state index in [1.165, 1.54) is 102 Å². The smallest absolute Gasteiger partial charge is 0.347 e. The number of phenolic OH excluding ortho intramolecular Hbond substituents is 2. The van der Waals surface area contributed by atoms with E-state index in [-0.39, 0.29) is 17.1 Å². The maximum absolute atomic E-state index is 11.9. The third-order valence-electron chi connectivity index (χ3n) is 5.87. The van der Waals surface area contributed by atoms with E-state index in [2.05, 4.69) is 28.6 Å². The van der Waals surface area contributed by atoms with Crippen molar-refractivity contribution >= 4 is 11.9 Å². The molecule has 0 radical (unpaired) electrons. The molecule has 34 heavy (non-hydrogen) atoms. The van der Waals surface area contributed by atoms with Gasteiger partial charge in [-0.2, -0.15) is 0 Å². The highest BCUT2D eigenvalue weighted by Crippen LogP contribution is 2.22. The van der Waals surface area contributed by atoms with Crippen molar-refractivity contribution in [3.63, 3.8) is 0 Å². The molecule has 8 nitrogen and oxygen atoms in total.